The molecule has 3 rings (SSSR count). The number of methoxy groups -OCH3 is 1. The Morgan fingerprint density at radius 3 is 2.80 bits per heavy atom. The lowest BCUT2D eigenvalue weighted by Crippen LogP contribution is -2.36. The number of aromatic nitrogens is 1. The van der Waals surface area contributed by atoms with E-state index in [9.17, 15) is 0 Å². The molecule has 0 aliphatic carbocycles. The third-order valence-corrected chi connectivity index (χ3v) is 4.81. The molecule has 1 aromatic carbocycles. The predicted molar refractivity (Wildman–Crippen MR) is 129 cm³/mol. The van der Waals surface area contributed by atoms with Crippen LogP contribution >= 0.6 is 24.0 Å². The second kappa shape index (κ2) is 12.6. The highest BCUT2D eigenvalue weighted by molar-refractivity contribution is 14.0. The molecule has 0 amide bonds. The number of guanidine groups is 1. The molecule has 1 aromatic heterocycles. The number of rotatable bonds is 8. The van der Waals surface area contributed by atoms with Gasteiger partial charge < -0.3 is 24.8 Å². The summed E-state index contributed by atoms with van der Waals surface area (Å²) >= 11 is 0. The number of aliphatic imine (C=N–C) groups is 1. The quantitative estimate of drug-likeness (QED) is 0.312. The fourth-order valence-corrected chi connectivity index (χ4v) is 3.16. The van der Waals surface area contributed by atoms with Crippen molar-refractivity contribution in [3.05, 3.63) is 53.2 Å². The Labute approximate surface area is 195 Å². The summed E-state index contributed by atoms with van der Waals surface area (Å²) < 4.78 is 16.9. The predicted octanol–water partition coefficient (Wildman–Crippen LogP) is 3.44. The van der Waals surface area contributed by atoms with Crippen LogP contribution in [-0.2, 0) is 17.8 Å². The lowest BCUT2D eigenvalue weighted by atomic mass is 10.1. The highest BCUT2D eigenvalue weighted by atomic mass is 127. The van der Waals surface area contributed by atoms with Crippen LogP contribution in [0.5, 0.6) is 11.6 Å². The van der Waals surface area contributed by atoms with Crippen molar-refractivity contribution in [2.75, 3.05) is 27.4 Å². The van der Waals surface area contributed by atoms with Gasteiger partial charge in [0.05, 0.1) is 13.2 Å². The molecule has 1 unspecified atom stereocenters. The summed E-state index contributed by atoms with van der Waals surface area (Å²) in [6, 6.07) is 10.1. The Bertz CT molecular complexity index is 826. The highest BCUT2D eigenvalue weighted by Crippen LogP contribution is 2.22. The first-order valence-electron chi connectivity index (χ1n) is 9.95. The van der Waals surface area contributed by atoms with E-state index in [1.165, 1.54) is 5.56 Å². The molecule has 7 nitrogen and oxygen atoms in total. The van der Waals surface area contributed by atoms with E-state index < -0.39 is 0 Å². The molecule has 0 bridgehead atoms. The summed E-state index contributed by atoms with van der Waals surface area (Å²) in [6.45, 7) is 4.73. The molecule has 8 heteroatoms. The minimum Gasteiger partial charge on any atom is -0.491 e. The lowest BCUT2D eigenvalue weighted by Gasteiger charge is -2.17. The monoisotopic (exact) mass is 526 g/mol. The van der Waals surface area contributed by atoms with E-state index in [4.69, 9.17) is 14.2 Å². The van der Waals surface area contributed by atoms with Gasteiger partial charge in [0.25, 0.3) is 0 Å². The Morgan fingerprint density at radius 2 is 2.07 bits per heavy atom. The molecule has 1 saturated heterocycles. The standard InChI is InChI=1S/C22H30N4O3.HI/c1-16-6-7-18(20(11-16)29-15-19-5-4-10-28-19)14-26-22(23-2)25-13-17-8-9-24-21(12-17)27-3;/h6-9,11-12,19H,4-5,10,13-15H2,1-3H3,(H2,23,25,26);1H. The van der Waals surface area contributed by atoms with Crippen molar-refractivity contribution in [1.82, 2.24) is 15.6 Å². The van der Waals surface area contributed by atoms with Crippen LogP contribution in [0.2, 0.25) is 0 Å². The fourth-order valence-electron chi connectivity index (χ4n) is 3.16. The number of hydrogen-bond acceptors (Lipinski definition) is 5. The van der Waals surface area contributed by atoms with Crippen molar-refractivity contribution >= 4 is 29.9 Å². The van der Waals surface area contributed by atoms with Gasteiger partial charge in [-0.1, -0.05) is 12.1 Å². The largest absolute Gasteiger partial charge is 0.491 e. The van der Waals surface area contributed by atoms with Gasteiger partial charge in [-0.05, 0) is 43.0 Å². The molecule has 2 N–H and O–H groups in total. The summed E-state index contributed by atoms with van der Waals surface area (Å²) in [5, 5.41) is 6.66. The molecule has 2 aromatic rings. The Kier molecular flexibility index (Phi) is 10.2. The first kappa shape index (κ1) is 24.2. The number of pyridine rings is 1. The number of ether oxygens (including phenoxy) is 3. The zero-order valence-electron chi connectivity index (χ0n) is 17.8. The molecule has 1 aliphatic heterocycles. The molecule has 1 aliphatic rings. The van der Waals surface area contributed by atoms with Crippen LogP contribution in [0, 0.1) is 6.92 Å². The summed E-state index contributed by atoms with van der Waals surface area (Å²) in [5.41, 5.74) is 3.32. The number of halogens is 1. The molecular weight excluding hydrogens is 495 g/mol. The summed E-state index contributed by atoms with van der Waals surface area (Å²) in [5.74, 6) is 2.20. The van der Waals surface area contributed by atoms with Crippen molar-refractivity contribution in [2.24, 2.45) is 4.99 Å². The third kappa shape index (κ3) is 7.32. The third-order valence-electron chi connectivity index (χ3n) is 4.81. The maximum Gasteiger partial charge on any atom is 0.213 e. The van der Waals surface area contributed by atoms with E-state index >= 15 is 0 Å². The first-order valence-corrected chi connectivity index (χ1v) is 9.95. The smallest absolute Gasteiger partial charge is 0.213 e. The van der Waals surface area contributed by atoms with E-state index in [0.29, 0.717) is 31.5 Å². The number of hydrogen-bond donors (Lipinski definition) is 2. The van der Waals surface area contributed by atoms with Crippen LogP contribution in [0.15, 0.2) is 41.5 Å². The maximum absolute atomic E-state index is 6.08. The molecule has 0 spiro atoms. The highest BCUT2D eigenvalue weighted by Gasteiger charge is 2.17. The molecule has 0 saturated carbocycles. The Hall–Kier alpha value is -2.07. The Balaban J connectivity index is 0.00000320. The van der Waals surface area contributed by atoms with Crippen LogP contribution in [0.3, 0.4) is 0 Å². The van der Waals surface area contributed by atoms with Gasteiger partial charge in [0, 0.05) is 44.6 Å². The lowest BCUT2D eigenvalue weighted by molar-refractivity contribution is 0.0676. The molecule has 0 radical (unpaired) electrons. The zero-order chi connectivity index (χ0) is 20.5. The van der Waals surface area contributed by atoms with Crippen molar-refractivity contribution < 1.29 is 14.2 Å². The summed E-state index contributed by atoms with van der Waals surface area (Å²) in [6.07, 6.45) is 4.11. The van der Waals surface area contributed by atoms with E-state index in [-0.39, 0.29) is 30.1 Å². The number of nitrogens with one attached hydrogen (secondary N) is 2. The van der Waals surface area contributed by atoms with Crippen molar-refractivity contribution in [3.63, 3.8) is 0 Å². The SMILES string of the molecule is CN=C(NCc1ccnc(OC)c1)NCc1ccc(C)cc1OCC1CCCO1.I. The van der Waals surface area contributed by atoms with Gasteiger partial charge in [-0.25, -0.2) is 4.98 Å². The van der Waals surface area contributed by atoms with Crippen LogP contribution in [0.25, 0.3) is 0 Å². The molecule has 1 atom stereocenters. The average Bonchev–Trinajstić information content (AvgIpc) is 3.27. The van der Waals surface area contributed by atoms with Gasteiger partial charge in [0.1, 0.15) is 12.4 Å². The van der Waals surface area contributed by atoms with Gasteiger partial charge in [0.15, 0.2) is 5.96 Å². The van der Waals surface area contributed by atoms with Gasteiger partial charge in [-0.2, -0.15) is 0 Å². The summed E-state index contributed by atoms with van der Waals surface area (Å²) in [4.78, 5) is 8.43. The van der Waals surface area contributed by atoms with Gasteiger partial charge >= 0.3 is 0 Å². The normalized spacial score (nSPS) is 16.0. The number of aryl methyl sites for hydroxylation is 1. The van der Waals surface area contributed by atoms with E-state index in [1.807, 2.05) is 12.1 Å². The van der Waals surface area contributed by atoms with Crippen molar-refractivity contribution in [3.8, 4) is 11.6 Å². The van der Waals surface area contributed by atoms with E-state index in [2.05, 4.69) is 45.7 Å². The molecular formula is C22H31IN4O3. The second-order valence-corrected chi connectivity index (χ2v) is 7.04. The molecule has 2 heterocycles. The summed E-state index contributed by atoms with van der Waals surface area (Å²) in [7, 11) is 3.37. The van der Waals surface area contributed by atoms with Gasteiger partial charge in [-0.15, -0.1) is 24.0 Å². The molecule has 164 valence electrons. The molecule has 1 fully saturated rings. The minimum absolute atomic E-state index is 0. The van der Waals surface area contributed by atoms with Crippen LogP contribution in [0.1, 0.15) is 29.5 Å². The second-order valence-electron chi connectivity index (χ2n) is 7.04. The number of benzene rings is 1. The maximum atomic E-state index is 6.08. The van der Waals surface area contributed by atoms with Gasteiger partial charge in [-0.3, -0.25) is 4.99 Å². The average molecular weight is 526 g/mol. The van der Waals surface area contributed by atoms with E-state index in [1.54, 1.807) is 20.4 Å². The van der Waals surface area contributed by atoms with Crippen LogP contribution < -0.4 is 20.1 Å². The zero-order valence-corrected chi connectivity index (χ0v) is 20.1. The first-order chi connectivity index (χ1) is 14.2. The Morgan fingerprint density at radius 1 is 1.23 bits per heavy atom. The van der Waals surface area contributed by atoms with Crippen molar-refractivity contribution in [1.29, 1.82) is 0 Å². The molecule has 30 heavy (non-hydrogen) atoms. The topological polar surface area (TPSA) is 77.0 Å². The van der Waals surface area contributed by atoms with Gasteiger partial charge in [0.2, 0.25) is 5.88 Å². The minimum atomic E-state index is 0. The van der Waals surface area contributed by atoms with Crippen LogP contribution in [-0.4, -0.2) is 44.4 Å². The number of nitrogens with zero attached hydrogens (tertiary/aromatic N) is 2. The van der Waals surface area contributed by atoms with Crippen LogP contribution in [0.4, 0.5) is 0 Å². The fraction of sp³-hybridized carbons (Fsp3) is 0.455. The van der Waals surface area contributed by atoms with E-state index in [0.717, 1.165) is 36.3 Å². The van der Waals surface area contributed by atoms with Crippen molar-refractivity contribution in [2.45, 2.75) is 39.0 Å².